The number of imidazole rings is 1. The number of aryl methyl sites for hydroxylation is 3. The first-order valence-corrected chi connectivity index (χ1v) is 9.58. The smallest absolute Gasteiger partial charge is 0.224 e. The van der Waals surface area contributed by atoms with E-state index in [2.05, 4.69) is 20.1 Å². The van der Waals surface area contributed by atoms with Crippen LogP contribution in [0.3, 0.4) is 0 Å². The summed E-state index contributed by atoms with van der Waals surface area (Å²) in [5, 5.41) is 4.04. The van der Waals surface area contributed by atoms with Crippen LogP contribution in [0.5, 0.6) is 0 Å². The van der Waals surface area contributed by atoms with Crippen molar-refractivity contribution < 1.29 is 9.32 Å². The molecule has 0 radical (unpaired) electrons. The van der Waals surface area contributed by atoms with Gasteiger partial charge in [0.05, 0.1) is 29.0 Å². The quantitative estimate of drug-likeness (QED) is 0.652. The minimum absolute atomic E-state index is 0.196. The van der Waals surface area contributed by atoms with Gasteiger partial charge < -0.3 is 14.0 Å². The molecule has 146 valence electrons. The molecule has 1 saturated heterocycles. The van der Waals surface area contributed by atoms with Gasteiger partial charge >= 0.3 is 0 Å². The highest BCUT2D eigenvalue weighted by Crippen LogP contribution is 2.30. The molecule has 0 bridgehead atoms. The van der Waals surface area contributed by atoms with Crippen LogP contribution >= 0.6 is 0 Å². The molecule has 4 heterocycles. The molecule has 1 fully saturated rings. The highest BCUT2D eigenvalue weighted by molar-refractivity contribution is 5.76. The Hall–Kier alpha value is -3.03. The summed E-state index contributed by atoms with van der Waals surface area (Å²) in [7, 11) is 0. The Balaban J connectivity index is 1.40. The van der Waals surface area contributed by atoms with Crippen molar-refractivity contribution in [3.63, 3.8) is 0 Å². The maximum absolute atomic E-state index is 12.5. The summed E-state index contributed by atoms with van der Waals surface area (Å²) in [6, 6.07) is 0. The molecule has 0 aromatic carbocycles. The monoisotopic (exact) mass is 380 g/mol. The van der Waals surface area contributed by atoms with Crippen molar-refractivity contribution >= 4 is 5.91 Å². The number of amides is 1. The molecular formula is C20H24N6O2. The van der Waals surface area contributed by atoms with Gasteiger partial charge in [0.1, 0.15) is 5.76 Å². The molecule has 1 amide bonds. The number of rotatable bonds is 6. The topological polar surface area (TPSA) is 89.9 Å². The number of aromatic nitrogens is 5. The molecule has 0 aliphatic carbocycles. The van der Waals surface area contributed by atoms with Gasteiger partial charge in [0, 0.05) is 50.8 Å². The molecule has 4 rings (SSSR count). The number of hydrogen-bond acceptors (Lipinski definition) is 6. The normalized spacial score (nSPS) is 16.6. The lowest BCUT2D eigenvalue weighted by molar-refractivity contribution is -0.130. The lowest BCUT2D eigenvalue weighted by Gasteiger charge is -2.17. The molecule has 1 atom stereocenters. The van der Waals surface area contributed by atoms with Crippen LogP contribution in [0.1, 0.15) is 30.0 Å². The van der Waals surface area contributed by atoms with E-state index in [9.17, 15) is 4.79 Å². The summed E-state index contributed by atoms with van der Waals surface area (Å²) < 4.78 is 7.24. The number of carbonyl (C=O) groups excluding carboxylic acids is 1. The first-order valence-electron chi connectivity index (χ1n) is 9.58. The number of carbonyl (C=O) groups is 1. The lowest BCUT2D eigenvalue weighted by atomic mass is 9.98. The van der Waals surface area contributed by atoms with Crippen LogP contribution in [-0.4, -0.2) is 48.6 Å². The largest absolute Gasteiger partial charge is 0.361 e. The zero-order valence-electron chi connectivity index (χ0n) is 16.2. The van der Waals surface area contributed by atoms with Crippen LogP contribution in [-0.2, 0) is 17.8 Å². The summed E-state index contributed by atoms with van der Waals surface area (Å²) in [6.45, 7) is 6.04. The molecule has 8 heteroatoms. The fraction of sp³-hybridized carbons (Fsp3) is 0.450. The van der Waals surface area contributed by atoms with E-state index < -0.39 is 0 Å². The van der Waals surface area contributed by atoms with Gasteiger partial charge in [-0.15, -0.1) is 0 Å². The van der Waals surface area contributed by atoms with Gasteiger partial charge in [-0.2, -0.15) is 0 Å². The van der Waals surface area contributed by atoms with Crippen LogP contribution in [0.15, 0.2) is 35.6 Å². The van der Waals surface area contributed by atoms with Gasteiger partial charge in [-0.05, 0) is 32.6 Å². The van der Waals surface area contributed by atoms with Crippen LogP contribution in [0.2, 0.25) is 0 Å². The van der Waals surface area contributed by atoms with Crippen molar-refractivity contribution in [2.24, 2.45) is 5.92 Å². The van der Waals surface area contributed by atoms with Gasteiger partial charge in [0.2, 0.25) is 5.91 Å². The van der Waals surface area contributed by atoms with Crippen LogP contribution in [0.4, 0.5) is 0 Å². The van der Waals surface area contributed by atoms with Gasteiger partial charge in [0.25, 0.3) is 0 Å². The summed E-state index contributed by atoms with van der Waals surface area (Å²) in [6.07, 6.45) is 11.0. The van der Waals surface area contributed by atoms with Gasteiger partial charge in [0.15, 0.2) is 0 Å². The molecule has 8 nitrogen and oxygen atoms in total. The maximum atomic E-state index is 12.5. The molecular weight excluding hydrogens is 356 g/mol. The van der Waals surface area contributed by atoms with Crippen molar-refractivity contribution in [1.82, 2.24) is 29.6 Å². The van der Waals surface area contributed by atoms with Crippen molar-refractivity contribution in [2.75, 3.05) is 13.1 Å². The summed E-state index contributed by atoms with van der Waals surface area (Å²) in [4.78, 5) is 27.6. The molecule has 3 aromatic heterocycles. The summed E-state index contributed by atoms with van der Waals surface area (Å²) in [5.74, 6) is 1.33. The Morgan fingerprint density at radius 2 is 2.11 bits per heavy atom. The van der Waals surface area contributed by atoms with Crippen LogP contribution < -0.4 is 0 Å². The molecule has 0 N–H and O–H groups in total. The van der Waals surface area contributed by atoms with Crippen molar-refractivity contribution in [2.45, 2.75) is 39.7 Å². The SMILES string of the molecule is Cc1noc(C)c1-c1nccnc1C[C@@H]1CCN(C(=O)CCn2ccnc2)C1. The predicted octanol–water partition coefficient (Wildman–Crippen LogP) is 2.43. The highest BCUT2D eigenvalue weighted by atomic mass is 16.5. The molecule has 1 aliphatic rings. The minimum atomic E-state index is 0.196. The van der Waals surface area contributed by atoms with E-state index in [4.69, 9.17) is 4.52 Å². The molecule has 3 aromatic rings. The highest BCUT2D eigenvalue weighted by Gasteiger charge is 2.28. The van der Waals surface area contributed by atoms with E-state index in [-0.39, 0.29) is 5.91 Å². The Labute approximate surface area is 163 Å². The summed E-state index contributed by atoms with van der Waals surface area (Å²) >= 11 is 0. The van der Waals surface area contributed by atoms with Crippen molar-refractivity contribution in [3.8, 4) is 11.3 Å². The zero-order valence-corrected chi connectivity index (χ0v) is 16.2. The second kappa shape index (κ2) is 7.92. The number of likely N-dealkylation sites (tertiary alicyclic amines) is 1. The Bertz CT molecular complexity index is 930. The maximum Gasteiger partial charge on any atom is 0.224 e. The van der Waals surface area contributed by atoms with Gasteiger partial charge in [-0.3, -0.25) is 14.8 Å². The predicted molar refractivity (Wildman–Crippen MR) is 102 cm³/mol. The molecule has 0 unspecified atom stereocenters. The van der Waals surface area contributed by atoms with Crippen LogP contribution in [0, 0.1) is 19.8 Å². The van der Waals surface area contributed by atoms with Crippen LogP contribution in [0.25, 0.3) is 11.3 Å². The average molecular weight is 380 g/mol. The number of nitrogens with zero attached hydrogens (tertiary/aromatic N) is 6. The standard InChI is InChI=1S/C20H24N6O2/c1-14-19(15(2)28-24-14)20-17(22-5-6-23-20)11-16-3-9-26(12-16)18(27)4-8-25-10-7-21-13-25/h5-7,10,13,16H,3-4,8-9,11-12H2,1-2H3/t16-/m0/s1. The first kappa shape index (κ1) is 18.3. The minimum Gasteiger partial charge on any atom is -0.361 e. The van der Waals surface area contributed by atoms with E-state index in [1.807, 2.05) is 29.5 Å². The van der Waals surface area contributed by atoms with Gasteiger partial charge in [-0.25, -0.2) is 4.98 Å². The molecule has 0 saturated carbocycles. The van der Waals surface area contributed by atoms with E-state index in [0.717, 1.165) is 54.3 Å². The third kappa shape index (κ3) is 3.81. The van der Waals surface area contributed by atoms with Crippen molar-refractivity contribution in [3.05, 3.63) is 48.3 Å². The van der Waals surface area contributed by atoms with E-state index in [0.29, 0.717) is 18.9 Å². The van der Waals surface area contributed by atoms with E-state index >= 15 is 0 Å². The number of hydrogen-bond donors (Lipinski definition) is 0. The van der Waals surface area contributed by atoms with Gasteiger partial charge in [-0.1, -0.05) is 5.16 Å². The Morgan fingerprint density at radius 3 is 2.86 bits per heavy atom. The molecule has 0 spiro atoms. The fourth-order valence-electron chi connectivity index (χ4n) is 3.85. The molecule has 1 aliphatic heterocycles. The summed E-state index contributed by atoms with van der Waals surface area (Å²) in [5.41, 5.74) is 3.52. The van der Waals surface area contributed by atoms with E-state index in [1.54, 1.807) is 24.9 Å². The lowest BCUT2D eigenvalue weighted by Crippen LogP contribution is -2.29. The zero-order chi connectivity index (χ0) is 19.5. The fourth-order valence-corrected chi connectivity index (χ4v) is 3.85. The second-order valence-electron chi connectivity index (χ2n) is 7.30. The molecule has 28 heavy (non-hydrogen) atoms. The average Bonchev–Trinajstić information content (AvgIpc) is 3.43. The van der Waals surface area contributed by atoms with E-state index in [1.165, 1.54) is 0 Å². The second-order valence-corrected chi connectivity index (χ2v) is 7.30. The third-order valence-electron chi connectivity index (χ3n) is 5.31. The Kier molecular flexibility index (Phi) is 5.18. The first-order chi connectivity index (χ1) is 13.6. The van der Waals surface area contributed by atoms with Crippen molar-refractivity contribution in [1.29, 1.82) is 0 Å². The third-order valence-corrected chi connectivity index (χ3v) is 5.31. The Morgan fingerprint density at radius 1 is 1.25 bits per heavy atom.